The first kappa shape index (κ1) is 31.1. The summed E-state index contributed by atoms with van der Waals surface area (Å²) in [6, 6.07) is 57.9. The Morgan fingerprint density at radius 3 is 1.96 bits per heavy atom. The lowest BCUT2D eigenvalue weighted by atomic mass is 9.82. The molecule has 3 nitrogen and oxygen atoms in total. The molecule has 7 aromatic carbocycles. The van der Waals surface area contributed by atoms with Crippen molar-refractivity contribution in [3.8, 4) is 16.8 Å². The first-order valence-electron chi connectivity index (χ1n) is 18.5. The van der Waals surface area contributed by atoms with Crippen LogP contribution in [-0.2, 0) is 5.41 Å². The van der Waals surface area contributed by atoms with Crippen molar-refractivity contribution in [2.24, 2.45) is 0 Å². The van der Waals surface area contributed by atoms with E-state index in [1.807, 2.05) is 17.8 Å². The molecule has 4 heteroatoms. The van der Waals surface area contributed by atoms with Gasteiger partial charge < -0.3 is 14.4 Å². The molecule has 0 amide bonds. The normalized spacial score (nSPS) is 14.6. The molecule has 0 spiro atoms. The lowest BCUT2D eigenvalue weighted by Gasteiger charge is -2.32. The summed E-state index contributed by atoms with van der Waals surface area (Å²) in [5.74, 6) is 0. The van der Waals surface area contributed by atoms with Crippen molar-refractivity contribution in [1.29, 1.82) is 0 Å². The van der Waals surface area contributed by atoms with E-state index in [4.69, 9.17) is 0 Å². The highest BCUT2D eigenvalue weighted by Gasteiger charge is 2.36. The maximum Gasteiger partial charge on any atom is 0.0601 e. The highest BCUT2D eigenvalue weighted by molar-refractivity contribution is 7.99. The monoisotopic (exact) mass is 709 g/mol. The first-order chi connectivity index (χ1) is 26.5. The maximum atomic E-state index is 3.31. The fourth-order valence-electron chi connectivity index (χ4n) is 8.84. The Balaban J connectivity index is 1.03. The lowest BCUT2D eigenvalue weighted by molar-refractivity contribution is 0.660. The number of hydrogen-bond acceptors (Lipinski definition) is 3. The van der Waals surface area contributed by atoms with Crippen LogP contribution in [0.1, 0.15) is 25.0 Å². The molecule has 1 aliphatic heterocycles. The van der Waals surface area contributed by atoms with Crippen molar-refractivity contribution in [2.45, 2.75) is 29.1 Å². The minimum Gasteiger partial charge on any atom is -0.310 e. The molecule has 54 heavy (non-hydrogen) atoms. The van der Waals surface area contributed by atoms with Crippen LogP contribution in [0.25, 0.3) is 38.6 Å². The number of anilines is 5. The van der Waals surface area contributed by atoms with E-state index < -0.39 is 0 Å². The van der Waals surface area contributed by atoms with Crippen LogP contribution in [0.3, 0.4) is 0 Å². The third-order valence-corrected chi connectivity index (χ3v) is 12.5. The second-order valence-electron chi connectivity index (χ2n) is 14.7. The standard InChI is InChI=1S/C50H35N3S/c1-50(2)42-17-7-5-15-38(42)39-29-27-37(32-43(39)50)51(33-13-3-4-14-33)36-28-30-45-41(31-36)40-16-6-8-18-44(40)52(45)34-23-25-35(26-24-34)53-46-19-9-11-21-48(46)54-49-22-12-10-20-47(49)53/h3,5-32H,1-2H3. The zero-order valence-electron chi connectivity index (χ0n) is 30.0. The second kappa shape index (κ2) is 11.8. The SMILES string of the molecule is CC1(C)c2ccccc2-c2ccc(N(C3=CC=C=C3)c3ccc4c(c3)c3ccccc3n4-c3ccc(N4c5ccccc5Sc5ccccc54)cc3)cc21. The Morgan fingerprint density at radius 2 is 1.19 bits per heavy atom. The van der Waals surface area contributed by atoms with E-state index in [1.54, 1.807) is 0 Å². The molecule has 2 heterocycles. The molecule has 11 rings (SSSR count). The highest BCUT2D eigenvalue weighted by Crippen LogP contribution is 2.52. The number of nitrogens with zero attached hydrogens (tertiary/aromatic N) is 3. The number of rotatable bonds is 5. The fourth-order valence-corrected chi connectivity index (χ4v) is 9.90. The topological polar surface area (TPSA) is 11.4 Å². The summed E-state index contributed by atoms with van der Waals surface area (Å²) < 4.78 is 2.40. The summed E-state index contributed by atoms with van der Waals surface area (Å²) in [5, 5.41) is 2.45. The predicted octanol–water partition coefficient (Wildman–Crippen LogP) is 13.8. The minimum atomic E-state index is -0.0849. The van der Waals surface area contributed by atoms with Crippen LogP contribution >= 0.6 is 11.8 Å². The number of para-hydroxylation sites is 3. The molecule has 8 aromatic rings. The third kappa shape index (κ3) is 4.58. The summed E-state index contributed by atoms with van der Waals surface area (Å²) in [7, 11) is 0. The van der Waals surface area contributed by atoms with Gasteiger partial charge in [-0.1, -0.05) is 98.4 Å². The van der Waals surface area contributed by atoms with Gasteiger partial charge in [0.15, 0.2) is 0 Å². The molecule has 0 N–H and O–H groups in total. The van der Waals surface area contributed by atoms with Crippen molar-refractivity contribution in [2.75, 3.05) is 9.80 Å². The number of allylic oxidation sites excluding steroid dienone is 2. The summed E-state index contributed by atoms with van der Waals surface area (Å²) in [6.45, 7) is 4.69. The Labute approximate surface area is 319 Å². The van der Waals surface area contributed by atoms with E-state index in [0.717, 1.165) is 28.4 Å². The van der Waals surface area contributed by atoms with Crippen LogP contribution in [-0.4, -0.2) is 4.57 Å². The maximum absolute atomic E-state index is 3.31. The second-order valence-corrected chi connectivity index (χ2v) is 15.8. The smallest absolute Gasteiger partial charge is 0.0601 e. The molecule has 0 radical (unpaired) electrons. The molecule has 256 valence electrons. The minimum absolute atomic E-state index is 0.0849. The zero-order chi connectivity index (χ0) is 36.0. The van der Waals surface area contributed by atoms with E-state index in [-0.39, 0.29) is 5.41 Å². The lowest BCUT2D eigenvalue weighted by Crippen LogP contribution is -2.18. The molecule has 0 bridgehead atoms. The van der Waals surface area contributed by atoms with Gasteiger partial charge in [-0.3, -0.25) is 0 Å². The van der Waals surface area contributed by atoms with E-state index in [0.29, 0.717) is 0 Å². The number of hydrogen-bond donors (Lipinski definition) is 0. The van der Waals surface area contributed by atoms with E-state index in [2.05, 4.69) is 204 Å². The van der Waals surface area contributed by atoms with Crippen molar-refractivity contribution < 1.29 is 0 Å². The van der Waals surface area contributed by atoms with Gasteiger partial charge in [0.25, 0.3) is 0 Å². The summed E-state index contributed by atoms with van der Waals surface area (Å²) in [4.78, 5) is 7.29. The molecule has 0 atom stereocenters. The molecule has 0 unspecified atom stereocenters. The zero-order valence-corrected chi connectivity index (χ0v) is 30.8. The van der Waals surface area contributed by atoms with Gasteiger partial charge in [-0.05, 0) is 119 Å². The predicted molar refractivity (Wildman–Crippen MR) is 226 cm³/mol. The van der Waals surface area contributed by atoms with Crippen LogP contribution in [0.5, 0.6) is 0 Å². The molecular weight excluding hydrogens is 675 g/mol. The summed E-state index contributed by atoms with van der Waals surface area (Å²) >= 11 is 1.84. The fraction of sp³-hybridized carbons (Fsp3) is 0.0600. The van der Waals surface area contributed by atoms with E-state index in [1.165, 1.54) is 65.2 Å². The molecule has 0 saturated heterocycles. The average molecular weight is 710 g/mol. The van der Waals surface area contributed by atoms with Crippen molar-refractivity contribution in [3.63, 3.8) is 0 Å². The van der Waals surface area contributed by atoms with Crippen LogP contribution in [0, 0.1) is 0 Å². The van der Waals surface area contributed by atoms with Gasteiger partial charge >= 0.3 is 0 Å². The molecular formula is C50H35N3S. The molecule has 0 fully saturated rings. The van der Waals surface area contributed by atoms with Crippen LogP contribution in [0.4, 0.5) is 28.4 Å². The van der Waals surface area contributed by atoms with Gasteiger partial charge in [-0.25, -0.2) is 0 Å². The molecule has 1 aromatic heterocycles. The van der Waals surface area contributed by atoms with Crippen molar-refractivity contribution >= 4 is 62.0 Å². The molecule has 3 aliphatic rings. The summed E-state index contributed by atoms with van der Waals surface area (Å²) in [5.41, 5.74) is 19.1. The number of fused-ring (bicyclic) bond motifs is 8. The molecule has 0 saturated carbocycles. The Kier molecular flexibility index (Phi) is 6.79. The molecule has 2 aliphatic carbocycles. The quantitative estimate of drug-likeness (QED) is 0.165. The highest BCUT2D eigenvalue weighted by atomic mass is 32.2. The van der Waals surface area contributed by atoms with Crippen LogP contribution < -0.4 is 9.80 Å². The van der Waals surface area contributed by atoms with E-state index in [9.17, 15) is 0 Å². The van der Waals surface area contributed by atoms with Gasteiger partial charge in [-0.2, -0.15) is 0 Å². The van der Waals surface area contributed by atoms with Gasteiger partial charge in [0.05, 0.1) is 28.1 Å². The van der Waals surface area contributed by atoms with Crippen molar-refractivity contribution in [1.82, 2.24) is 4.57 Å². The number of benzene rings is 7. The van der Waals surface area contributed by atoms with Crippen LogP contribution in [0.2, 0.25) is 0 Å². The largest absolute Gasteiger partial charge is 0.310 e. The van der Waals surface area contributed by atoms with E-state index >= 15 is 0 Å². The Bertz CT molecular complexity index is 2890. The van der Waals surface area contributed by atoms with Gasteiger partial charge in [0, 0.05) is 54.8 Å². The Hall–Kier alpha value is -6.45. The van der Waals surface area contributed by atoms with Gasteiger partial charge in [0.2, 0.25) is 0 Å². The van der Waals surface area contributed by atoms with Crippen molar-refractivity contribution in [3.05, 3.63) is 199 Å². The average Bonchev–Trinajstić information content (AvgIpc) is 3.92. The van der Waals surface area contributed by atoms with Gasteiger partial charge in [-0.15, -0.1) is 5.73 Å². The summed E-state index contributed by atoms with van der Waals surface area (Å²) in [6.07, 6.45) is 6.24. The number of aromatic nitrogens is 1. The first-order valence-corrected chi connectivity index (χ1v) is 19.3. The third-order valence-electron chi connectivity index (χ3n) is 11.4. The van der Waals surface area contributed by atoms with Gasteiger partial charge in [0.1, 0.15) is 0 Å². The van der Waals surface area contributed by atoms with Crippen LogP contribution in [0.15, 0.2) is 197 Å². The Morgan fingerprint density at radius 1 is 0.556 bits per heavy atom.